The molecule has 0 saturated heterocycles. The van der Waals surface area contributed by atoms with Gasteiger partial charge in [-0.3, -0.25) is 4.57 Å². The Balaban J connectivity index is 0.838. The molecule has 0 unspecified atom stereocenters. The second-order valence-corrected chi connectivity index (χ2v) is 17.3. The summed E-state index contributed by atoms with van der Waals surface area (Å²) in [6.45, 7) is 0. The lowest BCUT2D eigenvalue weighted by Gasteiger charge is -2.26. The summed E-state index contributed by atoms with van der Waals surface area (Å²) < 4.78 is 3.45. The number of hydrogen-bond acceptors (Lipinski definition) is 5. The molecule has 0 aliphatic carbocycles. The van der Waals surface area contributed by atoms with Gasteiger partial charge in [-0.1, -0.05) is 109 Å². The van der Waals surface area contributed by atoms with E-state index >= 15 is 0 Å². The number of imidazole rings is 1. The molecular weight excluding hydrogens is 823 g/mol. The minimum atomic E-state index is 0.914. The summed E-state index contributed by atoms with van der Waals surface area (Å²) in [6, 6.07) is 88.2. The van der Waals surface area contributed by atoms with E-state index in [2.05, 4.69) is 245 Å². The van der Waals surface area contributed by atoms with Crippen LogP contribution < -0.4 is 9.80 Å². The van der Waals surface area contributed by atoms with E-state index in [4.69, 9.17) is 9.97 Å². The first kappa shape index (κ1) is 39.0. The molecule has 0 bridgehead atoms. The van der Waals surface area contributed by atoms with Crippen LogP contribution in [0.25, 0.3) is 70.8 Å². The number of thiazole rings is 1. The lowest BCUT2D eigenvalue weighted by Crippen LogP contribution is -2.09. The zero-order chi connectivity index (χ0) is 43.8. The van der Waals surface area contributed by atoms with Crippen molar-refractivity contribution in [3.05, 3.63) is 249 Å². The largest absolute Gasteiger partial charge is 0.311 e. The van der Waals surface area contributed by atoms with Crippen LogP contribution >= 0.6 is 11.3 Å². The van der Waals surface area contributed by atoms with E-state index in [1.54, 1.807) is 11.3 Å². The quantitative estimate of drug-likeness (QED) is 0.137. The van der Waals surface area contributed by atoms with Crippen molar-refractivity contribution in [2.75, 3.05) is 9.80 Å². The average molecular weight is 864 g/mol. The third kappa shape index (κ3) is 7.35. The number of benzene rings is 10. The lowest BCUT2D eigenvalue weighted by molar-refractivity contribution is 1.10. The van der Waals surface area contributed by atoms with Gasteiger partial charge in [0.2, 0.25) is 0 Å². The van der Waals surface area contributed by atoms with Crippen LogP contribution in [0.15, 0.2) is 249 Å². The van der Waals surface area contributed by atoms with Crippen molar-refractivity contribution in [1.82, 2.24) is 14.5 Å². The Morgan fingerprint density at radius 1 is 0.333 bits per heavy atom. The van der Waals surface area contributed by atoms with Gasteiger partial charge >= 0.3 is 0 Å². The fraction of sp³-hybridized carbons (Fsp3) is 0. The monoisotopic (exact) mass is 863 g/mol. The number of para-hydroxylation sites is 6. The maximum absolute atomic E-state index is 5.11. The average Bonchev–Trinajstić information content (AvgIpc) is 4.01. The summed E-state index contributed by atoms with van der Waals surface area (Å²) in [4.78, 5) is 14.6. The Morgan fingerprint density at radius 2 is 0.803 bits per heavy atom. The van der Waals surface area contributed by atoms with E-state index in [1.807, 2.05) is 18.2 Å². The molecule has 6 heteroatoms. The SMILES string of the molecule is c1ccc(N(c2ccc(-c3ccc4cc(N(c5ccccc5)c5ccc(-c6nc7ccccc7n6-c6ccccc6)cc5)ccc4c3)cc2)c2ccc(-c3nc4ccccc4s3)cc2)cc1. The van der Waals surface area contributed by atoms with Gasteiger partial charge in [0.1, 0.15) is 10.8 Å². The van der Waals surface area contributed by atoms with Crippen molar-refractivity contribution >= 4 is 77.5 Å². The molecule has 5 nitrogen and oxygen atoms in total. The van der Waals surface area contributed by atoms with Crippen LogP contribution in [0.3, 0.4) is 0 Å². The van der Waals surface area contributed by atoms with E-state index in [0.29, 0.717) is 0 Å². The highest BCUT2D eigenvalue weighted by Crippen LogP contribution is 2.40. The van der Waals surface area contributed by atoms with E-state index in [0.717, 1.165) is 83.9 Å². The second kappa shape index (κ2) is 16.8. The van der Waals surface area contributed by atoms with Gasteiger partial charge < -0.3 is 9.80 Å². The molecule has 0 saturated carbocycles. The van der Waals surface area contributed by atoms with Gasteiger partial charge in [0, 0.05) is 50.9 Å². The Hall–Kier alpha value is -8.58. The van der Waals surface area contributed by atoms with Crippen LogP contribution in [0, 0.1) is 0 Å². The van der Waals surface area contributed by atoms with Gasteiger partial charge in [-0.25, -0.2) is 9.97 Å². The zero-order valence-corrected chi connectivity index (χ0v) is 36.6. The summed E-state index contributed by atoms with van der Waals surface area (Å²) in [5, 5.41) is 3.39. The smallest absolute Gasteiger partial charge is 0.145 e. The minimum Gasteiger partial charge on any atom is -0.311 e. The summed E-state index contributed by atoms with van der Waals surface area (Å²) in [7, 11) is 0. The Labute approximate surface area is 387 Å². The number of anilines is 6. The molecule has 0 atom stereocenters. The molecule has 2 aromatic heterocycles. The molecule has 0 amide bonds. The Morgan fingerprint density at radius 3 is 1.45 bits per heavy atom. The van der Waals surface area contributed by atoms with E-state index < -0.39 is 0 Å². The minimum absolute atomic E-state index is 0.914. The third-order valence-corrected chi connectivity index (χ3v) is 13.3. The Bertz CT molecular complexity index is 3590. The Kier molecular flexibility index (Phi) is 9.97. The van der Waals surface area contributed by atoms with Crippen LogP contribution in [-0.2, 0) is 0 Å². The molecule has 2 heterocycles. The third-order valence-electron chi connectivity index (χ3n) is 12.2. The van der Waals surface area contributed by atoms with E-state index in [-0.39, 0.29) is 0 Å². The fourth-order valence-electron chi connectivity index (χ4n) is 8.97. The first-order valence-electron chi connectivity index (χ1n) is 22.1. The van der Waals surface area contributed by atoms with E-state index in [9.17, 15) is 0 Å². The molecule has 10 aromatic carbocycles. The standard InChI is InChI=1S/C60H41N5S/c1-4-14-48(15-5-1)63(52-37-30-44(31-38-52)60-62-56-21-11-13-23-58(56)66-60)51-33-26-42(27-34-51)45-24-25-47-41-54(39-32-46(47)40-45)64(49-16-6-2-7-17-49)53-35-28-43(29-36-53)59-61-55-20-10-12-22-57(55)65(59)50-18-8-3-9-19-50/h1-41H. The van der Waals surface area contributed by atoms with Crippen LogP contribution in [0.1, 0.15) is 0 Å². The van der Waals surface area contributed by atoms with Gasteiger partial charge in [0.25, 0.3) is 0 Å². The van der Waals surface area contributed by atoms with Gasteiger partial charge in [-0.05, 0) is 161 Å². The zero-order valence-electron chi connectivity index (χ0n) is 35.8. The van der Waals surface area contributed by atoms with Crippen LogP contribution in [0.5, 0.6) is 0 Å². The van der Waals surface area contributed by atoms with Gasteiger partial charge in [0.05, 0.1) is 21.3 Å². The first-order valence-corrected chi connectivity index (χ1v) is 23.0. The summed E-state index contributed by atoms with van der Waals surface area (Å²) >= 11 is 1.73. The first-order chi connectivity index (χ1) is 32.7. The van der Waals surface area contributed by atoms with Crippen molar-refractivity contribution < 1.29 is 0 Å². The van der Waals surface area contributed by atoms with Crippen LogP contribution in [0.4, 0.5) is 34.1 Å². The highest BCUT2D eigenvalue weighted by molar-refractivity contribution is 7.21. The summed E-state index contributed by atoms with van der Waals surface area (Å²) in [5.41, 5.74) is 15.2. The molecule has 0 radical (unpaired) electrons. The van der Waals surface area contributed by atoms with Crippen molar-refractivity contribution in [1.29, 1.82) is 0 Å². The molecule has 0 N–H and O–H groups in total. The fourth-order valence-corrected chi connectivity index (χ4v) is 9.94. The predicted octanol–water partition coefficient (Wildman–Crippen LogP) is 16.7. The molecule has 12 aromatic rings. The summed E-state index contributed by atoms with van der Waals surface area (Å²) in [6.07, 6.45) is 0. The summed E-state index contributed by atoms with van der Waals surface area (Å²) in [5.74, 6) is 0.914. The maximum Gasteiger partial charge on any atom is 0.145 e. The molecule has 0 aliphatic rings. The number of hydrogen-bond donors (Lipinski definition) is 0. The number of fused-ring (bicyclic) bond motifs is 3. The van der Waals surface area contributed by atoms with Crippen molar-refractivity contribution in [2.24, 2.45) is 0 Å². The number of rotatable bonds is 10. The topological polar surface area (TPSA) is 37.2 Å². The van der Waals surface area contributed by atoms with Crippen LogP contribution in [-0.4, -0.2) is 14.5 Å². The van der Waals surface area contributed by atoms with Crippen molar-refractivity contribution in [3.63, 3.8) is 0 Å². The highest BCUT2D eigenvalue weighted by Gasteiger charge is 2.18. The maximum atomic E-state index is 5.11. The molecule has 312 valence electrons. The second-order valence-electron chi connectivity index (χ2n) is 16.3. The number of nitrogens with zero attached hydrogens (tertiary/aromatic N) is 5. The van der Waals surface area contributed by atoms with Gasteiger partial charge in [0.15, 0.2) is 0 Å². The predicted molar refractivity (Wildman–Crippen MR) is 277 cm³/mol. The molecule has 12 rings (SSSR count). The van der Waals surface area contributed by atoms with Crippen molar-refractivity contribution in [3.8, 4) is 38.8 Å². The lowest BCUT2D eigenvalue weighted by atomic mass is 10.00. The molecule has 0 fully saturated rings. The molecular formula is C60H41N5S. The molecule has 0 spiro atoms. The van der Waals surface area contributed by atoms with Gasteiger partial charge in [-0.2, -0.15) is 0 Å². The van der Waals surface area contributed by atoms with Crippen LogP contribution in [0.2, 0.25) is 0 Å². The molecule has 66 heavy (non-hydrogen) atoms. The number of aromatic nitrogens is 3. The normalized spacial score (nSPS) is 11.3. The van der Waals surface area contributed by atoms with E-state index in [1.165, 1.54) is 21.0 Å². The van der Waals surface area contributed by atoms with Crippen molar-refractivity contribution in [2.45, 2.75) is 0 Å². The molecule has 0 aliphatic heterocycles. The van der Waals surface area contributed by atoms with Gasteiger partial charge in [-0.15, -0.1) is 11.3 Å². The highest BCUT2D eigenvalue weighted by atomic mass is 32.1.